The fourth-order valence-electron chi connectivity index (χ4n) is 4.66. The third-order valence-electron chi connectivity index (χ3n) is 6.40. The molecule has 1 N–H and O–H groups in total. The Labute approximate surface area is 205 Å². The fraction of sp³-hybridized carbons (Fsp3) is 0.231. The summed E-state index contributed by atoms with van der Waals surface area (Å²) in [5.74, 6) is -2.41. The van der Waals surface area contributed by atoms with Gasteiger partial charge in [0.15, 0.2) is 17.2 Å². The monoisotopic (exact) mass is 498 g/mol. The largest absolute Gasteiger partial charge is 0.494 e. The van der Waals surface area contributed by atoms with Crippen LogP contribution in [0.1, 0.15) is 29.5 Å². The molecule has 6 nitrogen and oxygen atoms in total. The van der Waals surface area contributed by atoms with Crippen LogP contribution < -0.4 is 9.47 Å². The van der Waals surface area contributed by atoms with Crippen LogP contribution >= 0.6 is 11.6 Å². The molecular formula is C26H21ClF2N2O4. The second-order valence-electron chi connectivity index (χ2n) is 8.29. The molecule has 0 fully saturated rings. The van der Waals surface area contributed by atoms with Crippen molar-refractivity contribution < 1.29 is 28.2 Å². The Bertz CT molecular complexity index is 1360. The van der Waals surface area contributed by atoms with Gasteiger partial charge < -0.3 is 19.5 Å². The standard InChI is InChI=1S/C26H21ClF2N2O4/c1-14-20-19(35-26(14,13-31(2)25(32)33)16-7-5-4-6-8-16)11-17(28)23(27)22(20)21-15(12-30)9-10-18(34-3)24(21)29/h4-11,14H,13H2,1-3H3,(H,32,33)/t14-,26-/m0/s1. The molecule has 1 amide bonds. The molecule has 0 spiro atoms. The quantitative estimate of drug-likeness (QED) is 0.455. The van der Waals surface area contributed by atoms with Gasteiger partial charge in [0, 0.05) is 35.7 Å². The summed E-state index contributed by atoms with van der Waals surface area (Å²) in [6.45, 7) is 1.67. The molecule has 4 rings (SSSR count). The summed E-state index contributed by atoms with van der Waals surface area (Å²) >= 11 is 6.42. The van der Waals surface area contributed by atoms with E-state index in [1.165, 1.54) is 26.3 Å². The summed E-state index contributed by atoms with van der Waals surface area (Å²) in [7, 11) is 2.68. The van der Waals surface area contributed by atoms with Crippen molar-refractivity contribution in [2.45, 2.75) is 18.4 Å². The molecule has 0 saturated carbocycles. The van der Waals surface area contributed by atoms with Crippen LogP contribution in [0.5, 0.6) is 11.5 Å². The van der Waals surface area contributed by atoms with Crippen molar-refractivity contribution in [3.63, 3.8) is 0 Å². The van der Waals surface area contributed by atoms with Crippen LogP contribution in [-0.4, -0.2) is 36.8 Å². The zero-order valence-corrected chi connectivity index (χ0v) is 19.9. The van der Waals surface area contributed by atoms with Gasteiger partial charge in [-0.2, -0.15) is 5.26 Å². The average molecular weight is 499 g/mol. The minimum Gasteiger partial charge on any atom is -0.494 e. The lowest BCUT2D eigenvalue weighted by Crippen LogP contribution is -2.46. The molecular weight excluding hydrogens is 478 g/mol. The highest BCUT2D eigenvalue weighted by Crippen LogP contribution is 2.56. The van der Waals surface area contributed by atoms with Crippen LogP contribution in [0.4, 0.5) is 13.6 Å². The maximum absolute atomic E-state index is 15.6. The Morgan fingerprint density at radius 2 is 1.94 bits per heavy atom. The maximum atomic E-state index is 15.6. The minimum absolute atomic E-state index is 0.0297. The third-order valence-corrected chi connectivity index (χ3v) is 6.77. The number of carbonyl (C=O) groups is 1. The van der Waals surface area contributed by atoms with Gasteiger partial charge in [-0.25, -0.2) is 13.6 Å². The number of fused-ring (bicyclic) bond motifs is 1. The average Bonchev–Trinajstić information content (AvgIpc) is 3.12. The molecule has 0 saturated heterocycles. The minimum atomic E-state index is -1.27. The molecule has 3 aromatic carbocycles. The number of likely N-dealkylation sites (N-methyl/N-ethyl adjacent to an activating group) is 1. The van der Waals surface area contributed by atoms with Gasteiger partial charge in [0.25, 0.3) is 0 Å². The SMILES string of the molecule is COc1ccc(C#N)c(-c2c(Cl)c(F)cc3c2[C@H](C)[C@@](CN(C)C(=O)O)(c2ccccc2)O3)c1F. The van der Waals surface area contributed by atoms with E-state index in [-0.39, 0.29) is 39.8 Å². The van der Waals surface area contributed by atoms with E-state index in [1.54, 1.807) is 37.3 Å². The number of ether oxygens (including phenoxy) is 2. The van der Waals surface area contributed by atoms with Crippen molar-refractivity contribution in [1.29, 1.82) is 5.26 Å². The zero-order valence-electron chi connectivity index (χ0n) is 19.1. The van der Waals surface area contributed by atoms with E-state index >= 15 is 8.78 Å². The molecule has 1 aliphatic heterocycles. The summed E-state index contributed by atoms with van der Waals surface area (Å²) in [4.78, 5) is 12.8. The van der Waals surface area contributed by atoms with Crippen LogP contribution in [0, 0.1) is 23.0 Å². The highest BCUT2D eigenvalue weighted by Gasteiger charge is 2.51. The zero-order chi connectivity index (χ0) is 25.5. The Morgan fingerprint density at radius 3 is 2.54 bits per heavy atom. The predicted octanol–water partition coefficient (Wildman–Crippen LogP) is 6.17. The first-order chi connectivity index (χ1) is 16.7. The van der Waals surface area contributed by atoms with Crippen LogP contribution in [0.2, 0.25) is 5.02 Å². The first kappa shape index (κ1) is 24.3. The molecule has 0 unspecified atom stereocenters. The van der Waals surface area contributed by atoms with E-state index in [9.17, 15) is 15.2 Å². The summed E-state index contributed by atoms with van der Waals surface area (Å²) in [5.41, 5.74) is -0.569. The Morgan fingerprint density at radius 1 is 1.26 bits per heavy atom. The van der Waals surface area contributed by atoms with Crippen LogP contribution in [0.25, 0.3) is 11.1 Å². The first-order valence-electron chi connectivity index (χ1n) is 10.6. The van der Waals surface area contributed by atoms with Crippen LogP contribution in [0.3, 0.4) is 0 Å². The van der Waals surface area contributed by atoms with Crippen molar-refractivity contribution in [3.05, 3.63) is 81.9 Å². The number of hydrogen-bond donors (Lipinski definition) is 1. The smallest absolute Gasteiger partial charge is 0.407 e. The highest BCUT2D eigenvalue weighted by atomic mass is 35.5. The van der Waals surface area contributed by atoms with Crippen molar-refractivity contribution in [2.75, 3.05) is 20.7 Å². The molecule has 35 heavy (non-hydrogen) atoms. The number of halogens is 3. The molecule has 0 aliphatic carbocycles. The molecule has 0 radical (unpaired) electrons. The van der Waals surface area contributed by atoms with E-state index in [4.69, 9.17) is 21.1 Å². The summed E-state index contributed by atoms with van der Waals surface area (Å²) < 4.78 is 42.1. The number of hydrogen-bond acceptors (Lipinski definition) is 4. The predicted molar refractivity (Wildman–Crippen MR) is 126 cm³/mol. The third kappa shape index (κ3) is 3.82. The van der Waals surface area contributed by atoms with Crippen molar-refractivity contribution in [1.82, 2.24) is 4.90 Å². The van der Waals surface area contributed by atoms with E-state index in [0.717, 1.165) is 11.0 Å². The van der Waals surface area contributed by atoms with E-state index in [1.807, 2.05) is 6.07 Å². The molecule has 1 aliphatic rings. The molecule has 9 heteroatoms. The number of rotatable bonds is 5. The number of nitriles is 1. The van der Waals surface area contributed by atoms with Gasteiger partial charge in [0.1, 0.15) is 11.6 Å². The summed E-state index contributed by atoms with van der Waals surface area (Å²) in [6, 6.07) is 14.6. The van der Waals surface area contributed by atoms with Gasteiger partial charge in [-0.05, 0) is 17.7 Å². The van der Waals surface area contributed by atoms with E-state index in [0.29, 0.717) is 11.1 Å². The molecule has 3 aromatic rings. The second-order valence-corrected chi connectivity index (χ2v) is 8.67. The van der Waals surface area contributed by atoms with Crippen LogP contribution in [0.15, 0.2) is 48.5 Å². The van der Waals surface area contributed by atoms with Gasteiger partial charge in [0.05, 0.1) is 30.3 Å². The maximum Gasteiger partial charge on any atom is 0.407 e. The molecule has 180 valence electrons. The Balaban J connectivity index is 2.04. The van der Waals surface area contributed by atoms with E-state index in [2.05, 4.69) is 0 Å². The van der Waals surface area contributed by atoms with Gasteiger partial charge in [-0.1, -0.05) is 48.9 Å². The molecule has 1 heterocycles. The van der Waals surface area contributed by atoms with Crippen LogP contribution in [-0.2, 0) is 5.60 Å². The Hall–Kier alpha value is -3.83. The van der Waals surface area contributed by atoms with Gasteiger partial charge >= 0.3 is 6.09 Å². The first-order valence-corrected chi connectivity index (χ1v) is 11.0. The van der Waals surface area contributed by atoms with Crippen molar-refractivity contribution in [3.8, 4) is 28.7 Å². The number of nitrogens with zero attached hydrogens (tertiary/aromatic N) is 2. The lowest BCUT2D eigenvalue weighted by atomic mass is 9.77. The number of methoxy groups -OCH3 is 1. The second kappa shape index (κ2) is 9.08. The van der Waals surface area contributed by atoms with Gasteiger partial charge in [-0.3, -0.25) is 0 Å². The molecule has 2 atom stereocenters. The van der Waals surface area contributed by atoms with Crippen molar-refractivity contribution >= 4 is 17.7 Å². The van der Waals surface area contributed by atoms with Gasteiger partial charge in [0.2, 0.25) is 0 Å². The highest BCUT2D eigenvalue weighted by molar-refractivity contribution is 6.34. The normalized spacial score (nSPS) is 18.4. The molecule has 0 bridgehead atoms. The summed E-state index contributed by atoms with van der Waals surface area (Å²) in [5, 5.41) is 18.9. The molecule has 0 aromatic heterocycles. The lowest BCUT2D eigenvalue weighted by molar-refractivity contribution is 0.0350. The van der Waals surface area contributed by atoms with Crippen molar-refractivity contribution in [2.24, 2.45) is 0 Å². The Kier molecular flexibility index (Phi) is 6.30. The number of carboxylic acid groups (broad SMARTS) is 1. The van der Waals surface area contributed by atoms with Gasteiger partial charge in [-0.15, -0.1) is 0 Å². The summed E-state index contributed by atoms with van der Waals surface area (Å²) in [6.07, 6.45) is -1.18. The van der Waals surface area contributed by atoms with E-state index < -0.39 is 29.2 Å². The topological polar surface area (TPSA) is 82.8 Å². The lowest BCUT2D eigenvalue weighted by Gasteiger charge is -2.36. The number of amides is 1. The number of benzene rings is 3. The fourth-order valence-corrected chi connectivity index (χ4v) is 4.91.